The van der Waals surface area contributed by atoms with E-state index >= 15 is 0 Å². The molecule has 1 aromatic rings. The van der Waals surface area contributed by atoms with E-state index in [4.69, 9.17) is 23.7 Å². The fourth-order valence-electron chi connectivity index (χ4n) is 1.23. The van der Waals surface area contributed by atoms with Gasteiger partial charge in [0.25, 0.3) is 0 Å². The number of anilines is 1. The minimum absolute atomic E-state index is 0.165. The van der Waals surface area contributed by atoms with Gasteiger partial charge in [-0.15, -0.1) is 5.10 Å². The van der Waals surface area contributed by atoms with Gasteiger partial charge in [-0.1, -0.05) is 6.92 Å². The summed E-state index contributed by atoms with van der Waals surface area (Å²) >= 11 is 4.96. The van der Waals surface area contributed by atoms with Gasteiger partial charge in [-0.2, -0.15) is 0 Å². The number of nitrogens with one attached hydrogen (secondary N) is 1. The van der Waals surface area contributed by atoms with Gasteiger partial charge in [-0.3, -0.25) is 9.36 Å². The summed E-state index contributed by atoms with van der Waals surface area (Å²) in [5.74, 6) is -0.317. The Hall–Kier alpha value is -1.37. The summed E-state index contributed by atoms with van der Waals surface area (Å²) in [5.41, 5.74) is 9.97. The van der Waals surface area contributed by atoms with E-state index < -0.39 is 11.4 Å². The maximum atomic E-state index is 11.3. The number of H-pyrrole nitrogens is 1. The van der Waals surface area contributed by atoms with Crippen molar-refractivity contribution < 1.29 is 4.79 Å². The second kappa shape index (κ2) is 3.41. The van der Waals surface area contributed by atoms with Gasteiger partial charge in [-0.05, 0) is 25.6 Å². The number of nitrogens with two attached hydrogens (primary N) is 2. The number of carbonyl (C=O) groups is 1. The molecule has 1 aromatic heterocycles. The first-order chi connectivity index (χ1) is 6.43. The first kappa shape index (κ1) is 10.7. The van der Waals surface area contributed by atoms with Gasteiger partial charge in [0.1, 0.15) is 5.54 Å². The molecule has 1 unspecified atom stereocenters. The number of hydrogen-bond acceptors (Lipinski definition) is 4. The maximum absolute atomic E-state index is 11.3. The second-order valence-electron chi connectivity index (χ2n) is 3.21. The molecule has 0 saturated carbocycles. The summed E-state index contributed by atoms with van der Waals surface area (Å²) in [7, 11) is 0. The summed E-state index contributed by atoms with van der Waals surface area (Å²) in [5, 5.41) is 6.24. The van der Waals surface area contributed by atoms with E-state index in [1.807, 2.05) is 6.92 Å². The third-order valence-corrected chi connectivity index (χ3v) is 2.68. The third kappa shape index (κ3) is 1.39. The molecule has 1 amide bonds. The number of primary amides is 1. The van der Waals surface area contributed by atoms with Crippen LogP contribution in [0.5, 0.6) is 0 Å². The lowest BCUT2D eigenvalue weighted by molar-refractivity contribution is -0.126. The minimum Gasteiger partial charge on any atom is -0.368 e. The predicted molar refractivity (Wildman–Crippen MR) is 55.0 cm³/mol. The zero-order chi connectivity index (χ0) is 10.9. The average molecular weight is 215 g/mol. The van der Waals surface area contributed by atoms with E-state index in [9.17, 15) is 4.79 Å². The Kier molecular flexibility index (Phi) is 2.61. The molecule has 1 rings (SSSR count). The summed E-state index contributed by atoms with van der Waals surface area (Å²) in [4.78, 5) is 11.3. The Morgan fingerprint density at radius 3 is 2.64 bits per heavy atom. The van der Waals surface area contributed by atoms with Crippen molar-refractivity contribution in [3.8, 4) is 0 Å². The molecule has 0 aromatic carbocycles. The van der Waals surface area contributed by atoms with Crippen LogP contribution in [-0.2, 0) is 10.3 Å². The van der Waals surface area contributed by atoms with Crippen molar-refractivity contribution in [1.82, 2.24) is 14.8 Å². The fraction of sp³-hybridized carbons (Fsp3) is 0.571. The van der Waals surface area contributed by atoms with Crippen molar-refractivity contribution in [2.75, 3.05) is 5.73 Å². The van der Waals surface area contributed by atoms with E-state index in [1.54, 1.807) is 6.92 Å². The Balaban J connectivity index is 3.40. The number of rotatable bonds is 3. The molecule has 0 spiro atoms. The molecule has 14 heavy (non-hydrogen) atoms. The first-order valence-corrected chi connectivity index (χ1v) is 4.57. The van der Waals surface area contributed by atoms with Crippen molar-refractivity contribution in [3.63, 3.8) is 0 Å². The van der Waals surface area contributed by atoms with Crippen LogP contribution in [0, 0.1) is 4.77 Å². The largest absolute Gasteiger partial charge is 0.368 e. The van der Waals surface area contributed by atoms with Crippen LogP contribution in [0.2, 0.25) is 0 Å². The van der Waals surface area contributed by atoms with Crippen molar-refractivity contribution in [2.24, 2.45) is 5.73 Å². The topological polar surface area (TPSA) is 103 Å². The van der Waals surface area contributed by atoms with Crippen molar-refractivity contribution in [3.05, 3.63) is 4.77 Å². The number of aromatic amines is 1. The van der Waals surface area contributed by atoms with Crippen LogP contribution in [0.1, 0.15) is 20.3 Å². The molecule has 1 atom stereocenters. The number of nitrogens with zero attached hydrogens (tertiary/aromatic N) is 2. The fourth-order valence-corrected chi connectivity index (χ4v) is 1.57. The highest BCUT2D eigenvalue weighted by Gasteiger charge is 2.33. The van der Waals surface area contributed by atoms with Crippen molar-refractivity contribution >= 4 is 24.1 Å². The molecule has 0 saturated heterocycles. The van der Waals surface area contributed by atoms with E-state index in [0.29, 0.717) is 11.2 Å². The van der Waals surface area contributed by atoms with Crippen LogP contribution in [0.4, 0.5) is 5.95 Å². The Bertz CT molecular complexity index is 408. The highest BCUT2D eigenvalue weighted by atomic mass is 32.1. The minimum atomic E-state index is -0.922. The van der Waals surface area contributed by atoms with E-state index in [-0.39, 0.29) is 5.95 Å². The Morgan fingerprint density at radius 2 is 2.36 bits per heavy atom. The number of carbonyl (C=O) groups excluding carboxylic acids is 1. The predicted octanol–water partition coefficient (Wildman–Crippen LogP) is 0.133. The van der Waals surface area contributed by atoms with Gasteiger partial charge < -0.3 is 11.5 Å². The highest BCUT2D eigenvalue weighted by molar-refractivity contribution is 7.71. The average Bonchev–Trinajstić information content (AvgIpc) is 2.45. The van der Waals surface area contributed by atoms with E-state index in [2.05, 4.69) is 10.2 Å². The lowest BCUT2D eigenvalue weighted by Gasteiger charge is -2.26. The Morgan fingerprint density at radius 1 is 1.79 bits per heavy atom. The molecule has 0 bridgehead atoms. The summed E-state index contributed by atoms with van der Waals surface area (Å²) < 4.78 is 1.73. The van der Waals surface area contributed by atoms with Crippen LogP contribution < -0.4 is 11.5 Å². The maximum Gasteiger partial charge on any atom is 0.243 e. The molecule has 7 heteroatoms. The van der Waals surface area contributed by atoms with E-state index in [0.717, 1.165) is 0 Å². The van der Waals surface area contributed by atoms with Crippen molar-refractivity contribution in [2.45, 2.75) is 25.8 Å². The van der Waals surface area contributed by atoms with Gasteiger partial charge in [0.15, 0.2) is 4.77 Å². The molecule has 0 aliphatic carbocycles. The molecular weight excluding hydrogens is 202 g/mol. The Labute approximate surface area is 86.3 Å². The molecule has 5 N–H and O–H groups in total. The van der Waals surface area contributed by atoms with Gasteiger partial charge >= 0.3 is 0 Å². The van der Waals surface area contributed by atoms with Gasteiger partial charge in [0.2, 0.25) is 11.9 Å². The summed E-state index contributed by atoms with van der Waals surface area (Å²) in [6.45, 7) is 3.51. The van der Waals surface area contributed by atoms with Crippen LogP contribution in [0.25, 0.3) is 0 Å². The van der Waals surface area contributed by atoms with Crippen LogP contribution in [0.15, 0.2) is 0 Å². The summed E-state index contributed by atoms with van der Waals surface area (Å²) in [6.07, 6.45) is 0.500. The monoisotopic (exact) mass is 215 g/mol. The number of nitrogen functional groups attached to an aromatic ring is 1. The number of aromatic nitrogens is 3. The summed E-state index contributed by atoms with van der Waals surface area (Å²) in [6, 6.07) is 0. The first-order valence-electron chi connectivity index (χ1n) is 4.16. The van der Waals surface area contributed by atoms with Crippen LogP contribution >= 0.6 is 12.2 Å². The zero-order valence-corrected chi connectivity index (χ0v) is 8.89. The van der Waals surface area contributed by atoms with E-state index in [1.165, 1.54) is 4.57 Å². The lowest BCUT2D eigenvalue weighted by atomic mass is 9.98. The van der Waals surface area contributed by atoms with Gasteiger partial charge in [-0.25, -0.2) is 5.10 Å². The molecule has 0 aliphatic heterocycles. The molecular formula is C7H13N5OS. The van der Waals surface area contributed by atoms with Crippen LogP contribution in [-0.4, -0.2) is 20.7 Å². The molecule has 1 heterocycles. The number of amides is 1. The van der Waals surface area contributed by atoms with Crippen molar-refractivity contribution in [1.29, 1.82) is 0 Å². The second-order valence-corrected chi connectivity index (χ2v) is 3.60. The lowest BCUT2D eigenvalue weighted by Crippen LogP contribution is -2.44. The molecule has 78 valence electrons. The molecule has 0 aliphatic rings. The van der Waals surface area contributed by atoms with Gasteiger partial charge in [0, 0.05) is 0 Å². The van der Waals surface area contributed by atoms with Crippen LogP contribution in [0.3, 0.4) is 0 Å². The number of hydrogen-bond donors (Lipinski definition) is 3. The molecule has 0 fully saturated rings. The molecule has 6 nitrogen and oxygen atoms in total. The van der Waals surface area contributed by atoms with Gasteiger partial charge in [0.05, 0.1) is 0 Å². The zero-order valence-electron chi connectivity index (χ0n) is 8.07. The standard InChI is InChI=1S/C7H13N5OS/c1-3-7(2,4(8)13)12-5(9)10-11-6(12)14/h3H2,1-2H3,(H2,8,13)(H2,9,10)(H,11,14). The quantitative estimate of drug-likeness (QED) is 0.624. The molecule has 0 radical (unpaired) electrons. The normalized spacial score (nSPS) is 15.0. The third-order valence-electron chi connectivity index (χ3n) is 2.41. The smallest absolute Gasteiger partial charge is 0.243 e. The highest BCUT2D eigenvalue weighted by Crippen LogP contribution is 2.22. The SMILES string of the molecule is CCC(C)(C(N)=O)n1c(N)n[nH]c1=S.